The van der Waals surface area contributed by atoms with Crippen LogP contribution in [0.3, 0.4) is 0 Å². The van der Waals surface area contributed by atoms with Crippen molar-refractivity contribution in [2.45, 2.75) is 18.1 Å². The maximum absolute atomic E-state index is 12.2. The van der Waals surface area contributed by atoms with E-state index in [1.807, 2.05) is 73.1 Å². The fourth-order valence-electron chi connectivity index (χ4n) is 2.53. The van der Waals surface area contributed by atoms with Crippen LogP contribution in [0.4, 0.5) is 0 Å². The van der Waals surface area contributed by atoms with Gasteiger partial charge >= 0.3 is 0 Å². The Kier molecular flexibility index (Phi) is 6.11. The van der Waals surface area contributed by atoms with Crippen LogP contribution in [0.25, 0.3) is 11.4 Å². The number of hydrogen-bond donors (Lipinski definition) is 1. The van der Waals surface area contributed by atoms with Crippen molar-refractivity contribution in [2.24, 2.45) is 7.05 Å². The first-order chi connectivity index (χ1) is 12.5. The number of aromatic nitrogens is 3. The quantitative estimate of drug-likeness (QED) is 0.594. The number of hydrogen-bond acceptors (Lipinski definition) is 4. The standard InChI is InChI=1S/C19H19BrN4OS/c1-13(14-6-4-3-5-7-14)21-17(25)12-26-19-23-22-18(24(19)2)15-8-10-16(20)11-9-15/h3-11,13H,12H2,1-2H3,(H,21,25). The Morgan fingerprint density at radius 3 is 2.54 bits per heavy atom. The minimum absolute atomic E-state index is 0.0258. The predicted molar refractivity (Wildman–Crippen MR) is 108 cm³/mol. The van der Waals surface area contributed by atoms with E-state index >= 15 is 0 Å². The molecule has 0 radical (unpaired) electrons. The second-order valence-electron chi connectivity index (χ2n) is 5.86. The van der Waals surface area contributed by atoms with Gasteiger partial charge < -0.3 is 9.88 Å². The molecule has 134 valence electrons. The number of carbonyl (C=O) groups excluding carboxylic acids is 1. The zero-order chi connectivity index (χ0) is 18.5. The average molecular weight is 431 g/mol. The van der Waals surface area contributed by atoms with Crippen LogP contribution >= 0.6 is 27.7 Å². The van der Waals surface area contributed by atoms with Crippen LogP contribution in [-0.2, 0) is 11.8 Å². The van der Waals surface area contributed by atoms with Gasteiger partial charge in [-0.25, -0.2) is 0 Å². The number of benzene rings is 2. The van der Waals surface area contributed by atoms with Gasteiger partial charge in [0.2, 0.25) is 5.91 Å². The van der Waals surface area contributed by atoms with Crippen molar-refractivity contribution >= 4 is 33.6 Å². The third-order valence-electron chi connectivity index (χ3n) is 3.95. The van der Waals surface area contributed by atoms with Crippen molar-refractivity contribution in [1.82, 2.24) is 20.1 Å². The minimum atomic E-state index is -0.0282. The molecule has 0 fully saturated rings. The molecular formula is C19H19BrN4OS. The average Bonchev–Trinajstić information content (AvgIpc) is 3.02. The smallest absolute Gasteiger partial charge is 0.230 e. The number of rotatable bonds is 6. The van der Waals surface area contributed by atoms with E-state index in [4.69, 9.17) is 0 Å². The van der Waals surface area contributed by atoms with E-state index in [9.17, 15) is 4.79 Å². The van der Waals surface area contributed by atoms with Gasteiger partial charge in [0.05, 0.1) is 11.8 Å². The fraction of sp³-hybridized carbons (Fsp3) is 0.211. The van der Waals surface area contributed by atoms with Crippen LogP contribution in [0.15, 0.2) is 64.2 Å². The highest BCUT2D eigenvalue weighted by Crippen LogP contribution is 2.24. The first-order valence-electron chi connectivity index (χ1n) is 8.17. The molecule has 1 N–H and O–H groups in total. The first kappa shape index (κ1) is 18.7. The van der Waals surface area contributed by atoms with Gasteiger partial charge in [0.1, 0.15) is 0 Å². The molecular weight excluding hydrogens is 412 g/mol. The van der Waals surface area contributed by atoms with Crippen LogP contribution in [0.5, 0.6) is 0 Å². The van der Waals surface area contributed by atoms with E-state index in [1.165, 1.54) is 11.8 Å². The Hall–Kier alpha value is -2.12. The predicted octanol–water partition coefficient (Wildman–Crippen LogP) is 4.21. The van der Waals surface area contributed by atoms with Gasteiger partial charge in [-0.3, -0.25) is 4.79 Å². The van der Waals surface area contributed by atoms with Crippen LogP contribution in [0, 0.1) is 0 Å². The van der Waals surface area contributed by atoms with Crippen LogP contribution in [0.1, 0.15) is 18.5 Å². The Morgan fingerprint density at radius 1 is 1.15 bits per heavy atom. The van der Waals surface area contributed by atoms with Crippen molar-refractivity contribution < 1.29 is 4.79 Å². The fourth-order valence-corrected chi connectivity index (χ4v) is 3.52. The number of nitrogens with one attached hydrogen (secondary N) is 1. The molecule has 3 aromatic rings. The Labute approximate surface area is 165 Å². The largest absolute Gasteiger partial charge is 0.349 e. The van der Waals surface area contributed by atoms with Crippen LogP contribution in [0.2, 0.25) is 0 Å². The summed E-state index contributed by atoms with van der Waals surface area (Å²) in [6, 6.07) is 17.8. The summed E-state index contributed by atoms with van der Waals surface area (Å²) >= 11 is 4.81. The van der Waals surface area contributed by atoms with E-state index in [1.54, 1.807) is 0 Å². The molecule has 26 heavy (non-hydrogen) atoms. The third kappa shape index (κ3) is 4.53. The first-order valence-corrected chi connectivity index (χ1v) is 9.95. The lowest BCUT2D eigenvalue weighted by atomic mass is 10.1. The minimum Gasteiger partial charge on any atom is -0.349 e. The van der Waals surface area contributed by atoms with E-state index in [-0.39, 0.29) is 11.9 Å². The number of amides is 1. The summed E-state index contributed by atoms with van der Waals surface area (Å²) in [4.78, 5) is 12.2. The maximum Gasteiger partial charge on any atom is 0.230 e. The Morgan fingerprint density at radius 2 is 1.85 bits per heavy atom. The molecule has 0 aliphatic heterocycles. The number of carbonyl (C=O) groups is 1. The molecule has 1 aromatic heterocycles. The zero-order valence-electron chi connectivity index (χ0n) is 14.5. The summed E-state index contributed by atoms with van der Waals surface area (Å²) in [7, 11) is 1.91. The highest BCUT2D eigenvalue weighted by atomic mass is 79.9. The maximum atomic E-state index is 12.2. The monoisotopic (exact) mass is 430 g/mol. The van der Waals surface area contributed by atoms with Gasteiger partial charge in [-0.15, -0.1) is 10.2 Å². The van der Waals surface area contributed by atoms with Crippen molar-refractivity contribution in [3.05, 3.63) is 64.6 Å². The summed E-state index contributed by atoms with van der Waals surface area (Å²) in [5.41, 5.74) is 2.07. The van der Waals surface area contributed by atoms with E-state index < -0.39 is 0 Å². The Bertz CT molecular complexity index is 880. The molecule has 5 nitrogen and oxygen atoms in total. The van der Waals surface area contributed by atoms with Gasteiger partial charge in [0.25, 0.3) is 0 Å². The summed E-state index contributed by atoms with van der Waals surface area (Å²) in [5.74, 6) is 1.04. The molecule has 7 heteroatoms. The molecule has 0 saturated carbocycles. The molecule has 0 spiro atoms. The summed E-state index contributed by atoms with van der Waals surface area (Å²) in [6.07, 6.45) is 0. The molecule has 0 saturated heterocycles. The van der Waals surface area contributed by atoms with Crippen molar-refractivity contribution in [3.63, 3.8) is 0 Å². The second kappa shape index (κ2) is 8.51. The van der Waals surface area contributed by atoms with Gasteiger partial charge in [0.15, 0.2) is 11.0 Å². The van der Waals surface area contributed by atoms with Crippen molar-refractivity contribution in [2.75, 3.05) is 5.75 Å². The normalized spacial score (nSPS) is 12.0. The topological polar surface area (TPSA) is 59.8 Å². The molecule has 1 amide bonds. The number of thioether (sulfide) groups is 1. The summed E-state index contributed by atoms with van der Waals surface area (Å²) in [6.45, 7) is 1.98. The van der Waals surface area contributed by atoms with Crippen LogP contribution in [-0.4, -0.2) is 26.4 Å². The van der Waals surface area contributed by atoms with Gasteiger partial charge in [0, 0.05) is 17.1 Å². The SMILES string of the molecule is CC(NC(=O)CSc1nnc(-c2ccc(Br)cc2)n1C)c1ccccc1. The summed E-state index contributed by atoms with van der Waals surface area (Å²) < 4.78 is 2.92. The lowest BCUT2D eigenvalue weighted by Gasteiger charge is -2.14. The third-order valence-corrected chi connectivity index (χ3v) is 5.50. The number of nitrogens with zero attached hydrogens (tertiary/aromatic N) is 3. The molecule has 0 bridgehead atoms. The van der Waals surface area contributed by atoms with Gasteiger partial charge in [-0.1, -0.05) is 70.2 Å². The molecule has 0 aliphatic carbocycles. The number of halogens is 1. The van der Waals surface area contributed by atoms with E-state index in [2.05, 4.69) is 31.4 Å². The Balaban J connectivity index is 1.60. The lowest BCUT2D eigenvalue weighted by Crippen LogP contribution is -2.28. The lowest BCUT2D eigenvalue weighted by molar-refractivity contribution is -0.119. The van der Waals surface area contributed by atoms with Crippen molar-refractivity contribution in [3.8, 4) is 11.4 Å². The molecule has 3 rings (SSSR count). The highest BCUT2D eigenvalue weighted by Gasteiger charge is 2.14. The summed E-state index contributed by atoms with van der Waals surface area (Å²) in [5, 5.41) is 12.2. The highest BCUT2D eigenvalue weighted by molar-refractivity contribution is 9.10. The van der Waals surface area contributed by atoms with Gasteiger partial charge in [-0.2, -0.15) is 0 Å². The van der Waals surface area contributed by atoms with E-state index in [0.717, 1.165) is 21.4 Å². The van der Waals surface area contributed by atoms with Crippen LogP contribution < -0.4 is 5.32 Å². The van der Waals surface area contributed by atoms with E-state index in [0.29, 0.717) is 10.9 Å². The molecule has 1 atom stereocenters. The second-order valence-corrected chi connectivity index (χ2v) is 7.72. The molecule has 0 aliphatic rings. The van der Waals surface area contributed by atoms with Gasteiger partial charge in [-0.05, 0) is 24.6 Å². The zero-order valence-corrected chi connectivity index (χ0v) is 16.9. The molecule has 1 unspecified atom stereocenters. The molecule has 2 aromatic carbocycles. The van der Waals surface area contributed by atoms with Crippen molar-refractivity contribution in [1.29, 1.82) is 0 Å². The molecule has 1 heterocycles.